The number of carboxylic acid groups (broad SMARTS) is 1. The van der Waals surface area contributed by atoms with Crippen LogP contribution in [0.5, 0.6) is 0 Å². The molecule has 0 saturated heterocycles. The average molecular weight is 446 g/mol. The van der Waals surface area contributed by atoms with Crippen molar-refractivity contribution in [1.29, 1.82) is 0 Å². The van der Waals surface area contributed by atoms with Crippen LogP contribution in [0.25, 0.3) is 0 Å². The van der Waals surface area contributed by atoms with E-state index < -0.39 is 24.0 Å². The normalized spacial score (nSPS) is 12.4. The molecule has 6 heteroatoms. The van der Waals surface area contributed by atoms with E-state index in [-0.39, 0.29) is 31.7 Å². The van der Waals surface area contributed by atoms with Crippen LogP contribution in [0, 0.1) is 5.92 Å². The zero-order chi connectivity index (χ0) is 23.5. The van der Waals surface area contributed by atoms with E-state index in [1.807, 2.05) is 91.0 Å². The quantitative estimate of drug-likeness (QED) is 0.456. The summed E-state index contributed by atoms with van der Waals surface area (Å²) in [5.74, 6) is -2.28. The second-order valence-corrected chi connectivity index (χ2v) is 7.84. The van der Waals surface area contributed by atoms with Crippen molar-refractivity contribution < 1.29 is 24.2 Å². The molecule has 33 heavy (non-hydrogen) atoms. The molecule has 0 aliphatic rings. The Morgan fingerprint density at radius 3 is 1.73 bits per heavy atom. The second kappa shape index (κ2) is 12.2. The molecule has 0 radical (unpaired) electrons. The number of Topliss-reactive ketones (excluding diaryl/α,β-unsaturated/α-hetero) is 1. The summed E-state index contributed by atoms with van der Waals surface area (Å²) in [6.07, 6.45) is -0.431. The number of carboxylic acids is 1. The lowest BCUT2D eigenvalue weighted by atomic mass is 9.90. The van der Waals surface area contributed by atoms with Crippen LogP contribution in [-0.4, -0.2) is 29.0 Å². The number of ketones is 1. The first-order valence-corrected chi connectivity index (χ1v) is 10.8. The number of benzene rings is 3. The third-order valence-corrected chi connectivity index (χ3v) is 5.30. The van der Waals surface area contributed by atoms with E-state index in [1.165, 1.54) is 0 Å². The number of amides is 1. The fourth-order valence-electron chi connectivity index (χ4n) is 3.53. The van der Waals surface area contributed by atoms with Crippen LogP contribution < -0.4 is 5.32 Å². The van der Waals surface area contributed by atoms with E-state index >= 15 is 0 Å². The van der Waals surface area contributed by atoms with Gasteiger partial charge in [0.25, 0.3) is 0 Å². The molecule has 0 spiro atoms. The fraction of sp³-hybridized carbons (Fsp3) is 0.222. The minimum Gasteiger partial charge on any atom is -0.481 e. The van der Waals surface area contributed by atoms with Gasteiger partial charge in [0.1, 0.15) is 6.61 Å². The van der Waals surface area contributed by atoms with Crippen LogP contribution in [-0.2, 0) is 33.8 Å². The molecule has 2 atom stereocenters. The van der Waals surface area contributed by atoms with E-state index in [4.69, 9.17) is 4.74 Å². The number of carbonyl (C=O) groups excluding carboxylic acids is 2. The largest absolute Gasteiger partial charge is 0.481 e. The van der Waals surface area contributed by atoms with Gasteiger partial charge in [0, 0.05) is 6.42 Å². The van der Waals surface area contributed by atoms with Gasteiger partial charge in [-0.15, -0.1) is 0 Å². The third kappa shape index (κ3) is 7.92. The Labute approximate surface area is 193 Å². The highest BCUT2D eigenvalue weighted by molar-refractivity contribution is 5.90. The summed E-state index contributed by atoms with van der Waals surface area (Å²) in [4.78, 5) is 37.4. The highest BCUT2D eigenvalue weighted by Crippen LogP contribution is 2.16. The minimum absolute atomic E-state index is 0.0741. The number of aliphatic carboxylic acids is 1. The summed E-state index contributed by atoms with van der Waals surface area (Å²) in [6, 6.07) is 26.8. The zero-order valence-electron chi connectivity index (χ0n) is 18.2. The molecule has 3 aromatic carbocycles. The monoisotopic (exact) mass is 445 g/mol. The van der Waals surface area contributed by atoms with Gasteiger partial charge in [-0.05, 0) is 29.5 Å². The molecule has 2 unspecified atom stereocenters. The van der Waals surface area contributed by atoms with Gasteiger partial charge in [0.15, 0.2) is 5.78 Å². The van der Waals surface area contributed by atoms with Crippen molar-refractivity contribution in [2.24, 2.45) is 5.92 Å². The molecule has 0 heterocycles. The Bertz CT molecular complexity index is 1040. The number of ether oxygens (including phenoxy) is 1. The van der Waals surface area contributed by atoms with Gasteiger partial charge in [-0.25, -0.2) is 4.79 Å². The Morgan fingerprint density at radius 1 is 0.727 bits per heavy atom. The van der Waals surface area contributed by atoms with Crippen LogP contribution in [0.4, 0.5) is 4.79 Å². The molecular formula is C27H27NO5. The molecule has 0 aliphatic carbocycles. The van der Waals surface area contributed by atoms with Crippen LogP contribution in [0.15, 0.2) is 91.0 Å². The maximum atomic E-state index is 13.1. The van der Waals surface area contributed by atoms with E-state index in [0.29, 0.717) is 0 Å². The summed E-state index contributed by atoms with van der Waals surface area (Å²) >= 11 is 0. The van der Waals surface area contributed by atoms with Crippen molar-refractivity contribution in [3.8, 4) is 0 Å². The van der Waals surface area contributed by atoms with E-state index in [1.54, 1.807) is 0 Å². The van der Waals surface area contributed by atoms with Gasteiger partial charge in [-0.1, -0.05) is 91.0 Å². The van der Waals surface area contributed by atoms with Crippen LogP contribution in [0.2, 0.25) is 0 Å². The van der Waals surface area contributed by atoms with Gasteiger partial charge >= 0.3 is 12.1 Å². The van der Waals surface area contributed by atoms with Crippen molar-refractivity contribution in [3.05, 3.63) is 108 Å². The Balaban J connectivity index is 1.68. The van der Waals surface area contributed by atoms with Crippen LogP contribution in [0.3, 0.4) is 0 Å². The summed E-state index contributed by atoms with van der Waals surface area (Å²) in [5.41, 5.74) is 2.52. The number of carbonyl (C=O) groups is 3. The number of alkyl carbamates (subject to hydrolysis) is 1. The standard InChI is InChI=1S/C27H27NO5/c29-25(18-23(26(30)31)16-20-10-4-1-5-11-20)24(17-21-12-6-2-7-13-21)28-27(32)33-19-22-14-8-3-9-15-22/h1-15,23-24H,16-19H2,(H,28,32)(H,30,31). The Morgan fingerprint density at radius 2 is 1.21 bits per heavy atom. The maximum Gasteiger partial charge on any atom is 0.408 e. The van der Waals surface area contributed by atoms with Crippen LogP contribution >= 0.6 is 0 Å². The van der Waals surface area contributed by atoms with E-state index in [9.17, 15) is 19.5 Å². The van der Waals surface area contributed by atoms with Crippen LogP contribution in [0.1, 0.15) is 23.1 Å². The predicted molar refractivity (Wildman–Crippen MR) is 125 cm³/mol. The lowest BCUT2D eigenvalue weighted by Gasteiger charge is -2.20. The van der Waals surface area contributed by atoms with Gasteiger partial charge < -0.3 is 15.2 Å². The third-order valence-electron chi connectivity index (χ3n) is 5.30. The molecule has 3 aromatic rings. The molecule has 0 bridgehead atoms. The van der Waals surface area contributed by atoms with Gasteiger partial charge in [0.05, 0.1) is 12.0 Å². The van der Waals surface area contributed by atoms with Crippen molar-refractivity contribution in [1.82, 2.24) is 5.32 Å². The summed E-state index contributed by atoms with van der Waals surface area (Å²) in [5, 5.41) is 12.3. The highest BCUT2D eigenvalue weighted by atomic mass is 16.5. The molecule has 3 rings (SSSR count). The predicted octanol–water partition coefficient (Wildman–Crippen LogP) is 4.43. The lowest BCUT2D eigenvalue weighted by molar-refractivity contribution is -0.143. The topological polar surface area (TPSA) is 92.7 Å². The average Bonchev–Trinajstić information content (AvgIpc) is 2.84. The second-order valence-electron chi connectivity index (χ2n) is 7.84. The number of hydrogen-bond acceptors (Lipinski definition) is 4. The summed E-state index contributed by atoms with van der Waals surface area (Å²) < 4.78 is 5.28. The molecule has 0 aliphatic heterocycles. The van der Waals surface area contributed by atoms with Crippen molar-refractivity contribution in [2.45, 2.75) is 31.9 Å². The molecule has 6 nitrogen and oxygen atoms in total. The molecular weight excluding hydrogens is 418 g/mol. The molecule has 0 aromatic heterocycles. The first-order chi connectivity index (χ1) is 16.0. The molecule has 0 saturated carbocycles. The first kappa shape index (κ1) is 23.7. The molecule has 1 amide bonds. The number of hydrogen-bond donors (Lipinski definition) is 2. The summed E-state index contributed by atoms with van der Waals surface area (Å²) in [6.45, 7) is 0.0741. The molecule has 0 fully saturated rings. The SMILES string of the molecule is O=C(NC(Cc1ccccc1)C(=O)CC(Cc1ccccc1)C(=O)O)OCc1ccccc1. The van der Waals surface area contributed by atoms with Gasteiger partial charge in [-0.3, -0.25) is 9.59 Å². The summed E-state index contributed by atoms with van der Waals surface area (Å²) in [7, 11) is 0. The van der Waals surface area contributed by atoms with Gasteiger partial charge in [-0.2, -0.15) is 0 Å². The van der Waals surface area contributed by atoms with Crippen molar-refractivity contribution in [2.75, 3.05) is 0 Å². The minimum atomic E-state index is -1.04. The molecule has 170 valence electrons. The van der Waals surface area contributed by atoms with Crippen molar-refractivity contribution in [3.63, 3.8) is 0 Å². The smallest absolute Gasteiger partial charge is 0.408 e. The Hall–Kier alpha value is -3.93. The molecule has 2 N–H and O–H groups in total. The van der Waals surface area contributed by atoms with Gasteiger partial charge in [0.2, 0.25) is 0 Å². The maximum absolute atomic E-state index is 13.1. The number of nitrogens with one attached hydrogen (secondary N) is 1. The van der Waals surface area contributed by atoms with Crippen molar-refractivity contribution >= 4 is 17.8 Å². The Kier molecular flexibility index (Phi) is 8.77. The zero-order valence-corrected chi connectivity index (χ0v) is 18.2. The first-order valence-electron chi connectivity index (χ1n) is 10.8. The lowest BCUT2D eigenvalue weighted by Crippen LogP contribution is -2.43. The van der Waals surface area contributed by atoms with E-state index in [2.05, 4.69) is 5.32 Å². The fourth-order valence-corrected chi connectivity index (χ4v) is 3.53. The van der Waals surface area contributed by atoms with E-state index in [0.717, 1.165) is 16.7 Å². The highest BCUT2D eigenvalue weighted by Gasteiger charge is 2.28. The number of rotatable bonds is 11.